The minimum Gasteiger partial charge on any atom is -0.495 e. The van der Waals surface area contributed by atoms with Crippen molar-refractivity contribution in [2.45, 2.75) is 19.4 Å². The van der Waals surface area contributed by atoms with Crippen molar-refractivity contribution in [2.75, 3.05) is 37.5 Å². The Morgan fingerprint density at radius 1 is 1.38 bits per heavy atom. The van der Waals surface area contributed by atoms with Crippen LogP contribution in [0, 0.1) is 0 Å². The zero-order valence-corrected chi connectivity index (χ0v) is 15.9. The predicted octanol–water partition coefficient (Wildman–Crippen LogP) is 1.98. The number of amides is 2. The molecule has 0 aliphatic carbocycles. The lowest BCUT2D eigenvalue weighted by molar-refractivity contribution is -0.135. The van der Waals surface area contributed by atoms with Gasteiger partial charge in [-0.15, -0.1) is 12.4 Å². The number of nitrogens with one attached hydrogen (secondary N) is 1. The van der Waals surface area contributed by atoms with Crippen molar-refractivity contribution >= 4 is 41.7 Å². The molecule has 2 amide bonds. The molecule has 0 saturated heterocycles. The number of methoxy groups -OCH3 is 1. The quantitative estimate of drug-likeness (QED) is 0.689. The molecule has 0 bridgehead atoms. The van der Waals surface area contributed by atoms with Crippen LogP contribution in [0.3, 0.4) is 0 Å². The topological polar surface area (TPSA) is 84.7 Å². The second-order valence-electron chi connectivity index (χ2n) is 4.99. The summed E-state index contributed by atoms with van der Waals surface area (Å²) in [5.41, 5.74) is 6.48. The van der Waals surface area contributed by atoms with Gasteiger partial charge in [0.25, 0.3) is 0 Å². The summed E-state index contributed by atoms with van der Waals surface area (Å²) in [5, 5.41) is 2.76. The number of carbonyl (C=O) groups is 2. The van der Waals surface area contributed by atoms with E-state index >= 15 is 0 Å². The van der Waals surface area contributed by atoms with E-state index in [-0.39, 0.29) is 30.8 Å². The van der Waals surface area contributed by atoms with Gasteiger partial charge in [0, 0.05) is 6.54 Å². The van der Waals surface area contributed by atoms with Gasteiger partial charge in [-0.3, -0.25) is 9.59 Å². The number of hydrogen-bond acceptors (Lipinski definition) is 5. The average molecular weight is 376 g/mol. The molecule has 0 spiro atoms. The van der Waals surface area contributed by atoms with Gasteiger partial charge in [0.2, 0.25) is 11.8 Å². The van der Waals surface area contributed by atoms with Crippen molar-refractivity contribution < 1.29 is 14.3 Å². The average Bonchev–Trinajstić information content (AvgIpc) is 2.57. The third kappa shape index (κ3) is 6.98. The Balaban J connectivity index is 0.00000529. The molecule has 1 atom stereocenters. The second-order valence-corrected chi connectivity index (χ2v) is 5.97. The van der Waals surface area contributed by atoms with Crippen molar-refractivity contribution in [1.29, 1.82) is 0 Å². The van der Waals surface area contributed by atoms with Crippen LogP contribution in [0.1, 0.15) is 13.3 Å². The molecule has 136 valence electrons. The van der Waals surface area contributed by atoms with E-state index in [0.717, 1.165) is 5.75 Å². The second kappa shape index (κ2) is 12.0. The third-order valence-electron chi connectivity index (χ3n) is 3.36. The summed E-state index contributed by atoms with van der Waals surface area (Å²) in [6.45, 7) is 2.24. The highest BCUT2D eigenvalue weighted by Gasteiger charge is 2.21. The van der Waals surface area contributed by atoms with E-state index in [0.29, 0.717) is 24.4 Å². The van der Waals surface area contributed by atoms with Crippen LogP contribution in [0.2, 0.25) is 0 Å². The molecule has 0 aliphatic rings. The molecule has 0 aromatic heterocycles. The first-order valence-corrected chi connectivity index (χ1v) is 8.89. The highest BCUT2D eigenvalue weighted by Crippen LogP contribution is 2.22. The van der Waals surface area contributed by atoms with Crippen molar-refractivity contribution in [2.24, 2.45) is 5.73 Å². The number of hydrogen-bond donors (Lipinski definition) is 2. The third-order valence-corrected chi connectivity index (χ3v) is 4.00. The van der Waals surface area contributed by atoms with Crippen LogP contribution in [-0.2, 0) is 9.59 Å². The molecule has 0 radical (unpaired) electrons. The van der Waals surface area contributed by atoms with Gasteiger partial charge in [0.05, 0.1) is 25.4 Å². The first-order chi connectivity index (χ1) is 11.0. The van der Waals surface area contributed by atoms with Gasteiger partial charge in [-0.2, -0.15) is 11.8 Å². The molecule has 1 rings (SSSR count). The number of anilines is 1. The van der Waals surface area contributed by atoms with Gasteiger partial charge in [0.1, 0.15) is 5.75 Å². The number of carbonyl (C=O) groups excluding carboxylic acids is 2. The Bertz CT molecular complexity index is 531. The summed E-state index contributed by atoms with van der Waals surface area (Å²) in [6, 6.07) is 6.57. The van der Waals surface area contributed by atoms with Crippen LogP contribution in [0.4, 0.5) is 5.69 Å². The smallest absolute Gasteiger partial charge is 0.244 e. The normalized spacial score (nSPS) is 11.2. The molecular formula is C16H26ClN3O3S. The minimum atomic E-state index is -0.568. The molecule has 1 aromatic carbocycles. The summed E-state index contributed by atoms with van der Waals surface area (Å²) in [4.78, 5) is 25.9. The molecule has 0 aliphatic heterocycles. The number of para-hydroxylation sites is 2. The van der Waals surface area contributed by atoms with Gasteiger partial charge in [-0.25, -0.2) is 0 Å². The monoisotopic (exact) mass is 375 g/mol. The van der Waals surface area contributed by atoms with E-state index < -0.39 is 6.04 Å². The Morgan fingerprint density at radius 3 is 2.62 bits per heavy atom. The molecule has 0 heterocycles. The van der Waals surface area contributed by atoms with Crippen LogP contribution in [0.5, 0.6) is 5.75 Å². The maximum Gasteiger partial charge on any atom is 0.244 e. The zero-order valence-electron chi connectivity index (χ0n) is 14.3. The van der Waals surface area contributed by atoms with Gasteiger partial charge in [-0.1, -0.05) is 12.1 Å². The van der Waals surface area contributed by atoms with E-state index in [2.05, 4.69) is 5.32 Å². The SMILES string of the molecule is CCN(CC(=O)Nc1ccccc1OC)C(=O)[C@@H](N)CCSC.Cl. The number of nitrogens with zero attached hydrogens (tertiary/aromatic N) is 1. The fraction of sp³-hybridized carbons (Fsp3) is 0.500. The van der Waals surface area contributed by atoms with Crippen LogP contribution < -0.4 is 15.8 Å². The largest absolute Gasteiger partial charge is 0.495 e. The van der Waals surface area contributed by atoms with Crippen LogP contribution in [-0.4, -0.2) is 55.0 Å². The van der Waals surface area contributed by atoms with Crippen LogP contribution >= 0.6 is 24.2 Å². The standard InChI is InChI=1S/C16H25N3O3S.ClH/c1-4-19(16(21)12(17)9-10-23-3)11-15(20)18-13-7-5-6-8-14(13)22-2;/h5-8,12H,4,9-11,17H2,1-3H3,(H,18,20);1H/t12-;/m0./s1. The van der Waals surface area contributed by atoms with E-state index in [1.807, 2.05) is 19.2 Å². The molecule has 8 heteroatoms. The van der Waals surface area contributed by atoms with E-state index in [1.54, 1.807) is 30.0 Å². The van der Waals surface area contributed by atoms with E-state index in [4.69, 9.17) is 10.5 Å². The van der Waals surface area contributed by atoms with Crippen molar-refractivity contribution in [3.05, 3.63) is 24.3 Å². The Morgan fingerprint density at radius 2 is 2.04 bits per heavy atom. The molecule has 3 N–H and O–H groups in total. The molecule has 0 unspecified atom stereocenters. The minimum absolute atomic E-state index is 0. The number of thioether (sulfide) groups is 1. The predicted molar refractivity (Wildman–Crippen MR) is 102 cm³/mol. The summed E-state index contributed by atoms with van der Waals surface area (Å²) in [7, 11) is 1.54. The fourth-order valence-corrected chi connectivity index (χ4v) is 2.55. The van der Waals surface area contributed by atoms with Gasteiger partial charge < -0.3 is 20.7 Å². The lowest BCUT2D eigenvalue weighted by Gasteiger charge is -2.24. The summed E-state index contributed by atoms with van der Waals surface area (Å²) in [5.74, 6) is 0.920. The number of ether oxygens (including phenoxy) is 1. The van der Waals surface area contributed by atoms with Crippen molar-refractivity contribution in [1.82, 2.24) is 4.90 Å². The highest BCUT2D eigenvalue weighted by molar-refractivity contribution is 7.98. The zero-order chi connectivity index (χ0) is 17.2. The molecule has 24 heavy (non-hydrogen) atoms. The molecule has 0 fully saturated rings. The first kappa shape index (κ1) is 22.6. The number of rotatable bonds is 9. The lowest BCUT2D eigenvalue weighted by Crippen LogP contribution is -2.46. The Labute approximate surface area is 153 Å². The maximum absolute atomic E-state index is 12.3. The highest BCUT2D eigenvalue weighted by atomic mass is 35.5. The van der Waals surface area contributed by atoms with Gasteiger partial charge in [-0.05, 0) is 37.5 Å². The number of likely N-dealkylation sites (N-methyl/N-ethyl adjacent to an activating group) is 1. The van der Waals surface area contributed by atoms with Crippen molar-refractivity contribution in [3.8, 4) is 5.75 Å². The molecule has 1 aromatic rings. The maximum atomic E-state index is 12.3. The Hall–Kier alpha value is -1.44. The molecule has 0 saturated carbocycles. The molecular weight excluding hydrogens is 350 g/mol. The lowest BCUT2D eigenvalue weighted by atomic mass is 10.2. The first-order valence-electron chi connectivity index (χ1n) is 7.49. The van der Waals surface area contributed by atoms with E-state index in [9.17, 15) is 9.59 Å². The summed E-state index contributed by atoms with van der Waals surface area (Å²) >= 11 is 1.64. The summed E-state index contributed by atoms with van der Waals surface area (Å²) in [6.07, 6.45) is 2.57. The summed E-state index contributed by atoms with van der Waals surface area (Å²) < 4.78 is 5.19. The van der Waals surface area contributed by atoms with Crippen LogP contribution in [0.15, 0.2) is 24.3 Å². The number of benzene rings is 1. The Kier molecular flexibility index (Phi) is 11.3. The molecule has 6 nitrogen and oxygen atoms in total. The number of halogens is 1. The van der Waals surface area contributed by atoms with Crippen LogP contribution in [0.25, 0.3) is 0 Å². The van der Waals surface area contributed by atoms with Gasteiger partial charge in [0.15, 0.2) is 0 Å². The van der Waals surface area contributed by atoms with Gasteiger partial charge >= 0.3 is 0 Å². The fourth-order valence-electron chi connectivity index (χ4n) is 2.06. The van der Waals surface area contributed by atoms with E-state index in [1.165, 1.54) is 12.0 Å². The van der Waals surface area contributed by atoms with Crippen molar-refractivity contribution in [3.63, 3.8) is 0 Å². The number of nitrogens with two attached hydrogens (primary N) is 1.